The van der Waals surface area contributed by atoms with Gasteiger partial charge in [-0.3, -0.25) is 4.79 Å². The van der Waals surface area contributed by atoms with Crippen molar-refractivity contribution < 1.29 is 4.79 Å². The van der Waals surface area contributed by atoms with Crippen molar-refractivity contribution in [3.8, 4) is 0 Å². The lowest BCUT2D eigenvalue weighted by molar-refractivity contribution is 0.0915. The summed E-state index contributed by atoms with van der Waals surface area (Å²) in [7, 11) is 0. The molecule has 1 amide bonds. The van der Waals surface area contributed by atoms with Crippen molar-refractivity contribution in [1.29, 1.82) is 0 Å². The summed E-state index contributed by atoms with van der Waals surface area (Å²) in [6.45, 7) is 4.22. The Hall–Kier alpha value is -1.31. The third kappa shape index (κ3) is 2.54. The monoisotopic (exact) mass is 257 g/mol. The minimum atomic E-state index is 0.0790. The Morgan fingerprint density at radius 1 is 1.21 bits per heavy atom. The maximum atomic E-state index is 12.2. The van der Waals surface area contributed by atoms with Gasteiger partial charge in [0.05, 0.1) is 0 Å². The SMILES string of the molecule is Cc1ccc(C(=O)N[C@H](C)[C@H]2C[C@@H]3CC[C@H]2C3)cc1. The number of nitrogens with one attached hydrogen (secondary N) is 1. The highest BCUT2D eigenvalue weighted by Gasteiger charge is 2.42. The van der Waals surface area contributed by atoms with Gasteiger partial charge < -0.3 is 5.32 Å². The second kappa shape index (κ2) is 4.99. The number of rotatable bonds is 3. The highest BCUT2D eigenvalue weighted by atomic mass is 16.1. The summed E-state index contributed by atoms with van der Waals surface area (Å²) >= 11 is 0. The predicted octanol–water partition coefficient (Wildman–Crippen LogP) is 3.55. The van der Waals surface area contributed by atoms with Crippen molar-refractivity contribution in [1.82, 2.24) is 5.32 Å². The first-order valence-corrected chi connectivity index (χ1v) is 7.51. The maximum Gasteiger partial charge on any atom is 0.251 e. The average molecular weight is 257 g/mol. The summed E-state index contributed by atoms with van der Waals surface area (Å²) in [5.74, 6) is 2.58. The summed E-state index contributed by atoms with van der Waals surface area (Å²) in [6, 6.07) is 8.13. The van der Waals surface area contributed by atoms with Crippen LogP contribution in [0.2, 0.25) is 0 Å². The molecule has 2 heteroatoms. The lowest BCUT2D eigenvalue weighted by Gasteiger charge is -2.28. The van der Waals surface area contributed by atoms with Crippen molar-refractivity contribution in [3.63, 3.8) is 0 Å². The van der Waals surface area contributed by atoms with Crippen LogP contribution in [0.25, 0.3) is 0 Å². The molecule has 19 heavy (non-hydrogen) atoms. The second-order valence-electron chi connectivity index (χ2n) is 6.47. The van der Waals surface area contributed by atoms with Crippen LogP contribution in [0.4, 0.5) is 0 Å². The Balaban J connectivity index is 1.61. The lowest BCUT2D eigenvalue weighted by Crippen LogP contribution is -2.40. The number of hydrogen-bond donors (Lipinski definition) is 1. The third-order valence-electron chi connectivity index (χ3n) is 5.11. The summed E-state index contributed by atoms with van der Waals surface area (Å²) < 4.78 is 0. The zero-order valence-corrected chi connectivity index (χ0v) is 11.9. The molecule has 0 heterocycles. The minimum Gasteiger partial charge on any atom is -0.349 e. The van der Waals surface area contributed by atoms with Crippen LogP contribution in [0, 0.1) is 24.7 Å². The Morgan fingerprint density at radius 2 is 1.95 bits per heavy atom. The van der Waals surface area contributed by atoms with Gasteiger partial charge in [-0.15, -0.1) is 0 Å². The van der Waals surface area contributed by atoms with E-state index in [9.17, 15) is 4.79 Å². The van der Waals surface area contributed by atoms with Crippen molar-refractivity contribution in [2.45, 2.75) is 45.6 Å². The van der Waals surface area contributed by atoms with E-state index in [1.807, 2.05) is 31.2 Å². The fraction of sp³-hybridized carbons (Fsp3) is 0.588. The zero-order valence-electron chi connectivity index (χ0n) is 11.9. The number of fused-ring (bicyclic) bond motifs is 2. The molecule has 4 atom stereocenters. The van der Waals surface area contributed by atoms with Gasteiger partial charge in [-0.05, 0) is 63.0 Å². The summed E-state index contributed by atoms with van der Waals surface area (Å²) in [5, 5.41) is 3.20. The van der Waals surface area contributed by atoms with Gasteiger partial charge in [-0.25, -0.2) is 0 Å². The number of amides is 1. The maximum absolute atomic E-state index is 12.2. The summed E-state index contributed by atoms with van der Waals surface area (Å²) in [5.41, 5.74) is 1.97. The molecule has 1 N–H and O–H groups in total. The van der Waals surface area contributed by atoms with Crippen molar-refractivity contribution in [3.05, 3.63) is 35.4 Å². The van der Waals surface area contributed by atoms with Crippen molar-refractivity contribution in [2.75, 3.05) is 0 Å². The molecule has 1 aromatic rings. The van der Waals surface area contributed by atoms with E-state index in [1.54, 1.807) is 0 Å². The highest BCUT2D eigenvalue weighted by Crippen LogP contribution is 2.49. The summed E-state index contributed by atoms with van der Waals surface area (Å²) in [4.78, 5) is 12.2. The Labute approximate surface area is 115 Å². The second-order valence-corrected chi connectivity index (χ2v) is 6.47. The molecule has 1 aromatic carbocycles. The van der Waals surface area contributed by atoms with Gasteiger partial charge in [0.2, 0.25) is 0 Å². The highest BCUT2D eigenvalue weighted by molar-refractivity contribution is 5.94. The molecular formula is C17H23NO. The third-order valence-corrected chi connectivity index (χ3v) is 5.11. The zero-order chi connectivity index (χ0) is 13.4. The molecule has 2 bridgehead atoms. The average Bonchev–Trinajstić information content (AvgIpc) is 3.01. The van der Waals surface area contributed by atoms with E-state index in [0.29, 0.717) is 12.0 Å². The molecule has 0 aliphatic heterocycles. The Morgan fingerprint density at radius 3 is 2.53 bits per heavy atom. The van der Waals surface area contributed by atoms with Gasteiger partial charge in [-0.2, -0.15) is 0 Å². The van der Waals surface area contributed by atoms with Crippen LogP contribution in [0.15, 0.2) is 24.3 Å². The van der Waals surface area contributed by atoms with Gasteiger partial charge in [0, 0.05) is 11.6 Å². The first-order valence-electron chi connectivity index (χ1n) is 7.51. The summed E-state index contributed by atoms with van der Waals surface area (Å²) in [6.07, 6.45) is 5.51. The topological polar surface area (TPSA) is 29.1 Å². The Bertz CT molecular complexity index is 465. The molecule has 0 spiro atoms. The number of carbonyl (C=O) groups excluding carboxylic acids is 1. The van der Waals surface area contributed by atoms with Crippen molar-refractivity contribution in [2.24, 2.45) is 17.8 Å². The van der Waals surface area contributed by atoms with Gasteiger partial charge in [0.15, 0.2) is 0 Å². The molecule has 2 aliphatic carbocycles. The standard InChI is InChI=1S/C17H23NO/c1-11-3-6-14(7-4-11)17(19)18-12(2)16-10-13-5-8-15(16)9-13/h3-4,6-7,12-13,15-16H,5,8-10H2,1-2H3,(H,18,19)/t12-,13-,15+,16-/m1/s1. The van der Waals surface area contributed by atoms with E-state index in [-0.39, 0.29) is 5.91 Å². The van der Waals surface area contributed by atoms with Crippen LogP contribution < -0.4 is 5.32 Å². The van der Waals surface area contributed by atoms with Crippen LogP contribution >= 0.6 is 0 Å². The number of carbonyl (C=O) groups is 1. The molecule has 102 valence electrons. The van der Waals surface area contributed by atoms with Crippen LogP contribution in [-0.2, 0) is 0 Å². The molecule has 3 rings (SSSR count). The molecule has 2 fully saturated rings. The molecule has 2 nitrogen and oxygen atoms in total. The first-order chi connectivity index (χ1) is 9.13. The molecule has 0 radical (unpaired) electrons. The molecular weight excluding hydrogens is 234 g/mol. The van der Waals surface area contributed by atoms with Gasteiger partial charge in [0.25, 0.3) is 5.91 Å². The van der Waals surface area contributed by atoms with Crippen molar-refractivity contribution >= 4 is 5.91 Å². The van der Waals surface area contributed by atoms with E-state index in [4.69, 9.17) is 0 Å². The number of benzene rings is 1. The number of aryl methyl sites for hydroxylation is 1. The molecule has 0 unspecified atom stereocenters. The van der Waals surface area contributed by atoms with Gasteiger partial charge in [-0.1, -0.05) is 24.1 Å². The van der Waals surface area contributed by atoms with Crippen LogP contribution in [-0.4, -0.2) is 11.9 Å². The van der Waals surface area contributed by atoms with E-state index in [1.165, 1.54) is 31.2 Å². The number of hydrogen-bond acceptors (Lipinski definition) is 1. The van der Waals surface area contributed by atoms with E-state index in [2.05, 4.69) is 12.2 Å². The quantitative estimate of drug-likeness (QED) is 0.881. The van der Waals surface area contributed by atoms with Crippen LogP contribution in [0.1, 0.15) is 48.5 Å². The van der Waals surface area contributed by atoms with Crippen LogP contribution in [0.5, 0.6) is 0 Å². The first kappa shape index (κ1) is 12.7. The molecule has 2 saturated carbocycles. The molecule has 0 saturated heterocycles. The normalized spacial score (nSPS) is 30.3. The fourth-order valence-corrected chi connectivity index (χ4v) is 4.01. The van der Waals surface area contributed by atoms with Gasteiger partial charge >= 0.3 is 0 Å². The predicted molar refractivity (Wildman–Crippen MR) is 77.0 cm³/mol. The fourth-order valence-electron chi connectivity index (χ4n) is 4.01. The minimum absolute atomic E-state index is 0.0790. The van der Waals surface area contributed by atoms with Crippen LogP contribution in [0.3, 0.4) is 0 Å². The van der Waals surface area contributed by atoms with Gasteiger partial charge in [0.1, 0.15) is 0 Å². The lowest BCUT2D eigenvalue weighted by atomic mass is 9.84. The van der Waals surface area contributed by atoms with E-state index in [0.717, 1.165) is 17.4 Å². The van der Waals surface area contributed by atoms with E-state index < -0.39 is 0 Å². The largest absolute Gasteiger partial charge is 0.349 e. The Kier molecular flexibility index (Phi) is 3.34. The molecule has 2 aliphatic rings. The molecule has 0 aromatic heterocycles. The smallest absolute Gasteiger partial charge is 0.251 e. The van der Waals surface area contributed by atoms with E-state index >= 15 is 0 Å².